The molecule has 0 spiro atoms. The van der Waals surface area contributed by atoms with Gasteiger partial charge in [0.15, 0.2) is 6.20 Å². The minimum absolute atomic E-state index is 0.0154. The monoisotopic (exact) mass is 392 g/mol. The van der Waals surface area contributed by atoms with Crippen molar-refractivity contribution in [3.05, 3.63) is 89.6 Å². The number of hydrogen-bond acceptors (Lipinski definition) is 0. The van der Waals surface area contributed by atoms with Crippen molar-refractivity contribution in [3.8, 4) is 22.4 Å². The molecule has 0 aliphatic heterocycles. The van der Waals surface area contributed by atoms with Crippen LogP contribution in [0.3, 0.4) is 0 Å². The van der Waals surface area contributed by atoms with Gasteiger partial charge in [0.1, 0.15) is 7.05 Å². The molecule has 4 aromatic rings. The van der Waals surface area contributed by atoms with E-state index in [9.17, 15) is 0 Å². The Kier molecular flexibility index (Phi) is 3.99. The van der Waals surface area contributed by atoms with Crippen molar-refractivity contribution in [3.63, 3.8) is 0 Å². The molecule has 0 radical (unpaired) electrons. The highest BCUT2D eigenvalue weighted by Crippen LogP contribution is 2.56. The van der Waals surface area contributed by atoms with Gasteiger partial charge in [-0.25, -0.2) is 4.57 Å². The van der Waals surface area contributed by atoms with E-state index in [0.29, 0.717) is 0 Å². The zero-order valence-electron chi connectivity index (χ0n) is 18.9. The topological polar surface area (TPSA) is 3.88 Å². The fourth-order valence-electron chi connectivity index (χ4n) is 5.35. The Labute approximate surface area is 180 Å². The van der Waals surface area contributed by atoms with Gasteiger partial charge < -0.3 is 0 Å². The summed E-state index contributed by atoms with van der Waals surface area (Å²) in [6.07, 6.45) is 2.13. The standard InChI is InChI=1S/C29H30N/c1-19-17-25-24(18-23(19)26-13-9-10-16-30(26)6)22-15-14-20-11-7-8-12-21(20)27(22)29(4,5)28(25,2)3/h7-18H,1-6H3/q+1. The molecule has 0 saturated heterocycles. The van der Waals surface area contributed by atoms with E-state index in [4.69, 9.17) is 0 Å². The van der Waals surface area contributed by atoms with Gasteiger partial charge in [0.2, 0.25) is 5.69 Å². The van der Waals surface area contributed by atoms with E-state index < -0.39 is 0 Å². The summed E-state index contributed by atoms with van der Waals surface area (Å²) < 4.78 is 2.22. The van der Waals surface area contributed by atoms with Crippen molar-refractivity contribution < 1.29 is 4.57 Å². The van der Waals surface area contributed by atoms with Crippen LogP contribution < -0.4 is 4.57 Å². The van der Waals surface area contributed by atoms with Crippen molar-refractivity contribution in [2.24, 2.45) is 7.05 Å². The van der Waals surface area contributed by atoms with Crippen LogP contribution >= 0.6 is 0 Å². The van der Waals surface area contributed by atoms with E-state index in [1.165, 1.54) is 49.8 Å². The maximum Gasteiger partial charge on any atom is 0.212 e. The first kappa shape index (κ1) is 19.1. The van der Waals surface area contributed by atoms with E-state index in [2.05, 4.69) is 119 Å². The van der Waals surface area contributed by atoms with Gasteiger partial charge in [0.05, 0.1) is 0 Å². The minimum atomic E-state index is 0.0154. The van der Waals surface area contributed by atoms with Gasteiger partial charge in [-0.3, -0.25) is 0 Å². The molecule has 1 aliphatic carbocycles. The molecule has 0 saturated carbocycles. The van der Waals surface area contributed by atoms with Crippen LogP contribution in [-0.4, -0.2) is 0 Å². The number of benzene rings is 3. The number of pyridine rings is 1. The van der Waals surface area contributed by atoms with Crippen LogP contribution in [-0.2, 0) is 17.9 Å². The molecule has 5 rings (SSSR count). The third-order valence-electron chi connectivity index (χ3n) is 7.78. The van der Waals surface area contributed by atoms with Gasteiger partial charge in [0, 0.05) is 23.1 Å². The Morgan fingerprint density at radius 1 is 0.700 bits per heavy atom. The third-order valence-corrected chi connectivity index (χ3v) is 7.78. The first-order valence-electron chi connectivity index (χ1n) is 10.9. The predicted molar refractivity (Wildman–Crippen MR) is 127 cm³/mol. The Morgan fingerprint density at radius 3 is 2.20 bits per heavy atom. The minimum Gasteiger partial charge on any atom is -0.201 e. The van der Waals surface area contributed by atoms with Gasteiger partial charge in [-0.15, -0.1) is 0 Å². The maximum atomic E-state index is 2.44. The average molecular weight is 393 g/mol. The number of hydrogen-bond donors (Lipinski definition) is 0. The highest BCUT2D eigenvalue weighted by atomic mass is 14.9. The van der Waals surface area contributed by atoms with E-state index in [1.54, 1.807) is 0 Å². The summed E-state index contributed by atoms with van der Waals surface area (Å²) >= 11 is 0. The Balaban J connectivity index is 1.90. The summed E-state index contributed by atoms with van der Waals surface area (Å²) in [6.45, 7) is 11.9. The van der Waals surface area contributed by atoms with Crippen molar-refractivity contribution in [1.82, 2.24) is 0 Å². The zero-order chi connectivity index (χ0) is 21.3. The molecule has 150 valence electrons. The summed E-state index contributed by atoms with van der Waals surface area (Å²) in [5, 5.41) is 2.71. The van der Waals surface area contributed by atoms with Crippen molar-refractivity contribution in [2.75, 3.05) is 0 Å². The molecule has 1 heteroatoms. The molecule has 30 heavy (non-hydrogen) atoms. The van der Waals surface area contributed by atoms with Crippen LogP contribution in [0.15, 0.2) is 72.9 Å². The van der Waals surface area contributed by atoms with Crippen LogP contribution in [0.25, 0.3) is 33.2 Å². The molecule has 0 bridgehead atoms. The van der Waals surface area contributed by atoms with E-state index in [0.717, 1.165) is 0 Å². The van der Waals surface area contributed by atoms with Gasteiger partial charge in [0.25, 0.3) is 0 Å². The molecule has 1 heterocycles. The molecule has 1 aliphatic rings. The van der Waals surface area contributed by atoms with Crippen molar-refractivity contribution in [1.29, 1.82) is 0 Å². The van der Waals surface area contributed by atoms with Crippen LogP contribution in [0.4, 0.5) is 0 Å². The fourth-order valence-corrected chi connectivity index (χ4v) is 5.35. The van der Waals surface area contributed by atoms with Crippen molar-refractivity contribution >= 4 is 10.8 Å². The number of rotatable bonds is 1. The molecule has 1 aromatic heterocycles. The molecule has 0 N–H and O–H groups in total. The summed E-state index contributed by atoms with van der Waals surface area (Å²) in [5.41, 5.74) is 9.62. The third kappa shape index (κ3) is 2.45. The molecule has 0 fully saturated rings. The number of aryl methyl sites for hydroxylation is 2. The highest BCUT2D eigenvalue weighted by Gasteiger charge is 2.47. The second-order valence-corrected chi connectivity index (χ2v) is 9.87. The summed E-state index contributed by atoms with van der Waals surface area (Å²) in [6, 6.07) is 24.8. The largest absolute Gasteiger partial charge is 0.212 e. The van der Waals surface area contributed by atoms with Gasteiger partial charge in [-0.1, -0.05) is 70.2 Å². The van der Waals surface area contributed by atoms with Gasteiger partial charge >= 0.3 is 0 Å². The Hall–Kier alpha value is -2.93. The highest BCUT2D eigenvalue weighted by molar-refractivity contribution is 5.96. The van der Waals surface area contributed by atoms with Crippen LogP contribution in [0, 0.1) is 6.92 Å². The Morgan fingerprint density at radius 2 is 1.43 bits per heavy atom. The molecular formula is C29H30N+. The average Bonchev–Trinajstić information content (AvgIpc) is 2.72. The lowest BCUT2D eigenvalue weighted by Crippen LogP contribution is -2.43. The smallest absolute Gasteiger partial charge is 0.201 e. The summed E-state index contributed by atoms with van der Waals surface area (Å²) in [7, 11) is 2.13. The number of aromatic nitrogens is 1. The first-order valence-corrected chi connectivity index (χ1v) is 10.9. The molecule has 0 atom stereocenters. The van der Waals surface area contributed by atoms with E-state index in [1.807, 2.05) is 0 Å². The lowest BCUT2D eigenvalue weighted by molar-refractivity contribution is -0.660. The lowest BCUT2D eigenvalue weighted by Gasteiger charge is -2.49. The van der Waals surface area contributed by atoms with Gasteiger partial charge in [-0.2, -0.15) is 0 Å². The van der Waals surface area contributed by atoms with E-state index in [-0.39, 0.29) is 10.8 Å². The molecule has 0 amide bonds. The Bertz CT molecular complexity index is 1310. The van der Waals surface area contributed by atoms with Crippen molar-refractivity contribution in [2.45, 2.75) is 45.4 Å². The zero-order valence-corrected chi connectivity index (χ0v) is 18.9. The molecular weight excluding hydrogens is 362 g/mol. The maximum absolute atomic E-state index is 2.44. The first-order chi connectivity index (χ1) is 14.2. The van der Waals surface area contributed by atoms with Crippen LogP contribution in [0.5, 0.6) is 0 Å². The fraction of sp³-hybridized carbons (Fsp3) is 0.276. The molecule has 3 aromatic carbocycles. The quantitative estimate of drug-likeness (QED) is 0.311. The second-order valence-electron chi connectivity index (χ2n) is 9.87. The summed E-state index contributed by atoms with van der Waals surface area (Å²) in [4.78, 5) is 0. The summed E-state index contributed by atoms with van der Waals surface area (Å²) in [5.74, 6) is 0. The lowest BCUT2D eigenvalue weighted by atomic mass is 9.54. The molecule has 0 unspecified atom stereocenters. The predicted octanol–water partition coefficient (Wildman–Crippen LogP) is 6.88. The van der Waals surface area contributed by atoms with Crippen LogP contribution in [0.1, 0.15) is 44.4 Å². The SMILES string of the molecule is Cc1cc2c(cc1-c1cccc[n+]1C)-c1ccc3ccccc3c1C(C)(C)C2(C)C. The van der Waals surface area contributed by atoms with Gasteiger partial charge in [-0.05, 0) is 63.1 Å². The van der Waals surface area contributed by atoms with E-state index >= 15 is 0 Å². The number of nitrogens with zero attached hydrogens (tertiary/aromatic N) is 1. The molecule has 1 nitrogen and oxygen atoms in total. The number of fused-ring (bicyclic) bond motifs is 5. The second kappa shape index (κ2) is 6.28. The van der Waals surface area contributed by atoms with Crippen LogP contribution in [0.2, 0.25) is 0 Å². The normalized spacial score (nSPS) is 16.2.